The Morgan fingerprint density at radius 3 is 2.77 bits per heavy atom. The number of aromatic nitrogens is 1. The lowest BCUT2D eigenvalue weighted by molar-refractivity contribution is -0.119. The molecule has 0 aliphatic heterocycles. The van der Waals surface area contributed by atoms with Gasteiger partial charge in [0, 0.05) is 25.1 Å². The smallest absolute Gasteiger partial charge is 0.302 e. The number of carbonyl (C=O) groups excluding carboxylic acids is 2. The van der Waals surface area contributed by atoms with E-state index >= 15 is 0 Å². The van der Waals surface area contributed by atoms with Crippen molar-refractivity contribution in [3.63, 3.8) is 0 Å². The van der Waals surface area contributed by atoms with Gasteiger partial charge in [0.2, 0.25) is 11.8 Å². The molecule has 2 aromatic rings. The van der Waals surface area contributed by atoms with E-state index in [0.29, 0.717) is 23.2 Å². The van der Waals surface area contributed by atoms with Gasteiger partial charge in [-0.1, -0.05) is 6.92 Å². The number of nitrogens with zero attached hydrogens (tertiary/aromatic N) is 1. The second-order valence-electron chi connectivity index (χ2n) is 4.64. The Bertz CT molecular complexity index is 726. The predicted molar refractivity (Wildman–Crippen MR) is 87.6 cm³/mol. The quantitative estimate of drug-likeness (QED) is 0.749. The first-order valence-corrected chi connectivity index (χ1v) is 7.17. The van der Waals surface area contributed by atoms with Crippen molar-refractivity contribution in [3.8, 4) is 0 Å². The minimum absolute atomic E-state index is 0.132. The zero-order valence-corrected chi connectivity index (χ0v) is 13.0. The van der Waals surface area contributed by atoms with E-state index in [0.717, 1.165) is 6.42 Å². The molecule has 0 saturated carbocycles. The molecule has 0 aliphatic rings. The highest BCUT2D eigenvalue weighted by atomic mass is 32.1. The van der Waals surface area contributed by atoms with Crippen LogP contribution in [0.1, 0.15) is 26.7 Å². The Labute approximate surface area is 132 Å². The van der Waals surface area contributed by atoms with Crippen molar-refractivity contribution < 1.29 is 14.0 Å². The van der Waals surface area contributed by atoms with Crippen molar-refractivity contribution in [3.05, 3.63) is 18.2 Å². The van der Waals surface area contributed by atoms with Crippen LogP contribution in [0.4, 0.5) is 11.7 Å². The summed E-state index contributed by atoms with van der Waals surface area (Å²) in [5.74, 6) is -0.332. The number of carbonyl (C=O) groups is 2. The first-order valence-electron chi connectivity index (χ1n) is 6.77. The predicted octanol–water partition coefficient (Wildman–Crippen LogP) is 2.40. The van der Waals surface area contributed by atoms with Gasteiger partial charge in [-0.25, -0.2) is 0 Å². The number of fused-ring (bicyclic) bond motifs is 1. The van der Waals surface area contributed by atoms with Gasteiger partial charge in [-0.15, -0.1) is 0 Å². The Morgan fingerprint density at radius 1 is 1.32 bits per heavy atom. The van der Waals surface area contributed by atoms with Gasteiger partial charge >= 0.3 is 6.01 Å². The molecule has 0 radical (unpaired) electrons. The minimum Gasteiger partial charge on any atom is -0.423 e. The van der Waals surface area contributed by atoms with E-state index in [-0.39, 0.29) is 22.9 Å². The van der Waals surface area contributed by atoms with E-state index in [4.69, 9.17) is 16.6 Å². The lowest BCUT2D eigenvalue weighted by Gasteiger charge is -2.05. The van der Waals surface area contributed by atoms with Crippen LogP contribution in [0.5, 0.6) is 0 Å². The third kappa shape index (κ3) is 4.26. The SMILES string of the molecule is CCCC(=O)NC(=S)Nc1nc2ccc(NC(C)=O)cc2o1. The summed E-state index contributed by atoms with van der Waals surface area (Å²) in [5, 5.41) is 8.04. The lowest BCUT2D eigenvalue weighted by Crippen LogP contribution is -2.33. The van der Waals surface area contributed by atoms with Crippen molar-refractivity contribution >= 4 is 51.9 Å². The highest BCUT2D eigenvalue weighted by Gasteiger charge is 2.10. The molecule has 0 aliphatic carbocycles. The Balaban J connectivity index is 2.07. The van der Waals surface area contributed by atoms with E-state index in [1.807, 2.05) is 6.92 Å². The summed E-state index contributed by atoms with van der Waals surface area (Å²) in [6, 6.07) is 5.27. The molecule has 8 heteroatoms. The van der Waals surface area contributed by atoms with E-state index in [1.165, 1.54) is 6.92 Å². The zero-order valence-electron chi connectivity index (χ0n) is 12.2. The van der Waals surface area contributed by atoms with Gasteiger partial charge in [-0.05, 0) is 30.8 Å². The number of amides is 2. The first kappa shape index (κ1) is 15.9. The maximum Gasteiger partial charge on any atom is 0.302 e. The second kappa shape index (κ2) is 6.99. The molecule has 1 aromatic heterocycles. The summed E-state index contributed by atoms with van der Waals surface area (Å²) >= 11 is 5.01. The molecule has 1 heterocycles. The van der Waals surface area contributed by atoms with Crippen LogP contribution in [-0.4, -0.2) is 21.9 Å². The molecule has 0 spiro atoms. The largest absolute Gasteiger partial charge is 0.423 e. The molecule has 22 heavy (non-hydrogen) atoms. The van der Waals surface area contributed by atoms with Crippen LogP contribution in [0.15, 0.2) is 22.6 Å². The normalized spacial score (nSPS) is 10.3. The standard InChI is InChI=1S/C14H16N4O3S/c1-3-4-12(20)17-14(22)18-13-16-10-6-5-9(15-8(2)19)7-11(10)21-13/h5-7H,3-4H2,1-2H3,(H,15,19)(H2,16,17,18,20,22). The van der Waals surface area contributed by atoms with Crippen molar-refractivity contribution in [2.24, 2.45) is 0 Å². The fraction of sp³-hybridized carbons (Fsp3) is 0.286. The Kier molecular flexibility index (Phi) is 5.05. The van der Waals surface area contributed by atoms with Crippen molar-refractivity contribution in [1.82, 2.24) is 10.3 Å². The van der Waals surface area contributed by atoms with Gasteiger partial charge in [-0.2, -0.15) is 4.98 Å². The highest BCUT2D eigenvalue weighted by molar-refractivity contribution is 7.80. The summed E-state index contributed by atoms with van der Waals surface area (Å²) in [6.07, 6.45) is 1.14. The average molecular weight is 320 g/mol. The van der Waals surface area contributed by atoms with Gasteiger partial charge in [0.25, 0.3) is 0 Å². The number of hydrogen-bond acceptors (Lipinski definition) is 5. The number of oxazole rings is 1. The van der Waals surface area contributed by atoms with E-state index in [1.54, 1.807) is 18.2 Å². The second-order valence-corrected chi connectivity index (χ2v) is 5.04. The van der Waals surface area contributed by atoms with E-state index < -0.39 is 0 Å². The number of nitrogens with one attached hydrogen (secondary N) is 3. The van der Waals surface area contributed by atoms with Crippen molar-refractivity contribution in [2.75, 3.05) is 10.6 Å². The van der Waals surface area contributed by atoms with Crippen LogP contribution >= 0.6 is 12.2 Å². The molecular formula is C14H16N4O3S. The molecule has 2 amide bonds. The van der Waals surface area contributed by atoms with Crippen LogP contribution < -0.4 is 16.0 Å². The van der Waals surface area contributed by atoms with Crippen LogP contribution in [0.2, 0.25) is 0 Å². The molecule has 2 rings (SSSR count). The van der Waals surface area contributed by atoms with Crippen LogP contribution in [0, 0.1) is 0 Å². The third-order valence-corrected chi connectivity index (χ3v) is 2.86. The molecule has 116 valence electrons. The van der Waals surface area contributed by atoms with Crippen LogP contribution in [-0.2, 0) is 9.59 Å². The number of anilines is 2. The monoisotopic (exact) mass is 320 g/mol. The fourth-order valence-electron chi connectivity index (χ4n) is 1.80. The summed E-state index contributed by atoms with van der Waals surface area (Å²) in [6.45, 7) is 3.33. The maximum atomic E-state index is 11.4. The molecule has 7 nitrogen and oxygen atoms in total. The third-order valence-electron chi connectivity index (χ3n) is 2.66. The Hall–Kier alpha value is -2.48. The molecular weight excluding hydrogens is 304 g/mol. The molecule has 0 atom stereocenters. The number of benzene rings is 1. The molecule has 0 saturated heterocycles. The van der Waals surface area contributed by atoms with Gasteiger partial charge < -0.3 is 15.1 Å². The zero-order chi connectivity index (χ0) is 16.1. The number of thiocarbonyl (C=S) groups is 1. The van der Waals surface area contributed by atoms with Crippen molar-refractivity contribution in [1.29, 1.82) is 0 Å². The summed E-state index contributed by atoms with van der Waals surface area (Å²) in [4.78, 5) is 26.7. The topological polar surface area (TPSA) is 96.3 Å². The molecule has 1 aromatic carbocycles. The van der Waals surface area contributed by atoms with E-state index in [9.17, 15) is 9.59 Å². The molecule has 0 fully saturated rings. The van der Waals surface area contributed by atoms with E-state index in [2.05, 4.69) is 20.9 Å². The summed E-state index contributed by atoms with van der Waals surface area (Å²) in [5.41, 5.74) is 1.72. The minimum atomic E-state index is -0.169. The number of hydrogen-bond donors (Lipinski definition) is 3. The van der Waals surface area contributed by atoms with Crippen molar-refractivity contribution in [2.45, 2.75) is 26.7 Å². The molecule has 0 bridgehead atoms. The van der Waals surface area contributed by atoms with Gasteiger partial charge in [0.05, 0.1) is 0 Å². The van der Waals surface area contributed by atoms with Gasteiger partial charge in [0.15, 0.2) is 10.7 Å². The molecule has 0 unspecified atom stereocenters. The first-order chi connectivity index (χ1) is 10.5. The highest BCUT2D eigenvalue weighted by Crippen LogP contribution is 2.22. The van der Waals surface area contributed by atoms with Crippen LogP contribution in [0.25, 0.3) is 11.1 Å². The van der Waals surface area contributed by atoms with Gasteiger partial charge in [-0.3, -0.25) is 14.9 Å². The maximum absolute atomic E-state index is 11.4. The Morgan fingerprint density at radius 2 is 2.09 bits per heavy atom. The van der Waals surface area contributed by atoms with Crippen LogP contribution in [0.3, 0.4) is 0 Å². The fourth-order valence-corrected chi connectivity index (χ4v) is 2.00. The molecule has 3 N–H and O–H groups in total. The lowest BCUT2D eigenvalue weighted by atomic mass is 10.3. The van der Waals surface area contributed by atoms with Gasteiger partial charge in [0.1, 0.15) is 5.52 Å². The average Bonchev–Trinajstić information content (AvgIpc) is 2.79. The number of rotatable bonds is 4. The summed E-state index contributed by atoms with van der Waals surface area (Å²) < 4.78 is 5.49. The summed E-state index contributed by atoms with van der Waals surface area (Å²) in [7, 11) is 0.